The largest absolute Gasteiger partial charge is 0.216 e. The third-order valence-corrected chi connectivity index (χ3v) is 5.32. The summed E-state index contributed by atoms with van der Waals surface area (Å²) in [4.78, 5) is 0. The molecule has 0 saturated heterocycles. The van der Waals surface area contributed by atoms with Crippen LogP contribution in [0.1, 0.15) is 49.1 Å². The van der Waals surface area contributed by atoms with Crippen LogP contribution in [-0.4, -0.2) is 8.42 Å². The van der Waals surface area contributed by atoms with Gasteiger partial charge >= 0.3 is 0 Å². The van der Waals surface area contributed by atoms with Crippen LogP contribution < -0.4 is 4.72 Å². The molecular weight excluding hydrogens is 332 g/mol. The molecule has 0 aliphatic heterocycles. The first-order valence-electron chi connectivity index (χ1n) is 8.37. The molecule has 132 valence electrons. The molecule has 0 radical (unpaired) electrons. The van der Waals surface area contributed by atoms with Gasteiger partial charge in [-0.05, 0) is 48.1 Å². The first-order chi connectivity index (χ1) is 11.8. The molecule has 0 aliphatic rings. The van der Waals surface area contributed by atoms with Crippen molar-refractivity contribution in [3.63, 3.8) is 0 Å². The molecule has 0 heterocycles. The lowest BCUT2D eigenvalue weighted by Gasteiger charge is -2.15. The van der Waals surface area contributed by atoms with Crippen LogP contribution in [0.15, 0.2) is 48.5 Å². The Morgan fingerprint density at radius 3 is 2.32 bits per heavy atom. The number of nitrogens with zero attached hydrogens (tertiary/aromatic N) is 1. The Morgan fingerprint density at radius 2 is 1.72 bits per heavy atom. The van der Waals surface area contributed by atoms with Crippen LogP contribution in [-0.2, 0) is 22.2 Å². The third-order valence-electron chi connectivity index (χ3n) is 3.89. The van der Waals surface area contributed by atoms with Gasteiger partial charge in [-0.3, -0.25) is 0 Å². The molecular formula is C20H24N2O2S. The fourth-order valence-electron chi connectivity index (χ4n) is 2.74. The summed E-state index contributed by atoms with van der Waals surface area (Å²) in [6.07, 6.45) is 1.01. The van der Waals surface area contributed by atoms with Gasteiger partial charge in [0.2, 0.25) is 10.0 Å². The second-order valence-electron chi connectivity index (χ2n) is 6.75. The van der Waals surface area contributed by atoms with Crippen LogP contribution in [0.4, 0.5) is 0 Å². The molecule has 1 unspecified atom stereocenters. The van der Waals surface area contributed by atoms with Gasteiger partial charge in [-0.2, -0.15) is 5.26 Å². The summed E-state index contributed by atoms with van der Waals surface area (Å²) in [5, 5.41) is 8.92. The highest BCUT2D eigenvalue weighted by Crippen LogP contribution is 2.17. The van der Waals surface area contributed by atoms with Crippen molar-refractivity contribution in [1.29, 1.82) is 5.26 Å². The first-order valence-corrected chi connectivity index (χ1v) is 10.0. The number of benzene rings is 2. The summed E-state index contributed by atoms with van der Waals surface area (Å²) >= 11 is 0. The van der Waals surface area contributed by atoms with E-state index in [1.165, 1.54) is 5.56 Å². The van der Waals surface area contributed by atoms with Crippen LogP contribution in [0.2, 0.25) is 0 Å². The summed E-state index contributed by atoms with van der Waals surface area (Å²) in [6.45, 7) is 6.18. The molecule has 1 N–H and O–H groups in total. The standard InChI is InChI=1S/C20H24N2O2S/c1-15(2)11-17-7-9-20(10-8-17)16(3)22-25(23,24)14-19-6-4-5-18(12-19)13-21/h4-10,12,15-16,22H,11,14H2,1-3H3. The van der Waals surface area contributed by atoms with E-state index in [1.54, 1.807) is 24.3 Å². The molecule has 5 heteroatoms. The van der Waals surface area contributed by atoms with Crippen molar-refractivity contribution in [1.82, 2.24) is 4.72 Å². The predicted molar refractivity (Wildman–Crippen MR) is 100 cm³/mol. The fraction of sp³-hybridized carbons (Fsp3) is 0.350. The number of hydrogen-bond donors (Lipinski definition) is 1. The highest BCUT2D eigenvalue weighted by molar-refractivity contribution is 7.88. The number of rotatable bonds is 7. The van der Waals surface area contributed by atoms with E-state index in [0.29, 0.717) is 17.0 Å². The Bertz CT molecular complexity index is 850. The summed E-state index contributed by atoms with van der Waals surface area (Å²) in [7, 11) is -3.50. The van der Waals surface area contributed by atoms with Gasteiger partial charge in [-0.15, -0.1) is 0 Å². The molecule has 0 fully saturated rings. The lowest BCUT2D eigenvalue weighted by atomic mass is 10.0. The molecule has 0 aromatic heterocycles. The highest BCUT2D eigenvalue weighted by Gasteiger charge is 2.17. The summed E-state index contributed by atoms with van der Waals surface area (Å²) < 4.78 is 27.5. The van der Waals surface area contributed by atoms with E-state index in [-0.39, 0.29) is 11.8 Å². The van der Waals surface area contributed by atoms with Crippen LogP contribution in [0.5, 0.6) is 0 Å². The maximum atomic E-state index is 12.4. The Morgan fingerprint density at radius 1 is 1.04 bits per heavy atom. The van der Waals surface area contributed by atoms with E-state index in [0.717, 1.165) is 12.0 Å². The molecule has 1 atom stereocenters. The number of nitriles is 1. The lowest BCUT2D eigenvalue weighted by Crippen LogP contribution is -2.28. The number of hydrogen-bond acceptors (Lipinski definition) is 3. The van der Waals surface area contributed by atoms with Crippen molar-refractivity contribution in [2.24, 2.45) is 5.92 Å². The van der Waals surface area contributed by atoms with E-state index in [9.17, 15) is 8.42 Å². The Balaban J connectivity index is 2.05. The van der Waals surface area contributed by atoms with Gasteiger partial charge in [0, 0.05) is 6.04 Å². The molecule has 0 aliphatic carbocycles. The Kier molecular flexibility index (Phi) is 6.35. The van der Waals surface area contributed by atoms with Gasteiger partial charge in [0.1, 0.15) is 0 Å². The van der Waals surface area contributed by atoms with Crippen LogP contribution in [0.25, 0.3) is 0 Å². The normalized spacial score (nSPS) is 12.8. The average Bonchev–Trinajstić information content (AvgIpc) is 2.54. The van der Waals surface area contributed by atoms with E-state index < -0.39 is 10.0 Å². The van der Waals surface area contributed by atoms with Crippen LogP contribution >= 0.6 is 0 Å². The Hall–Kier alpha value is -2.16. The molecule has 0 amide bonds. The van der Waals surface area contributed by atoms with Crippen molar-refractivity contribution >= 4 is 10.0 Å². The molecule has 0 spiro atoms. The second-order valence-corrected chi connectivity index (χ2v) is 8.50. The minimum atomic E-state index is -3.50. The summed E-state index contributed by atoms with van der Waals surface area (Å²) in [5.74, 6) is 0.448. The number of nitrogens with one attached hydrogen (secondary N) is 1. The summed E-state index contributed by atoms with van der Waals surface area (Å²) in [5.41, 5.74) is 3.25. The van der Waals surface area contributed by atoms with Crippen LogP contribution in [0.3, 0.4) is 0 Å². The zero-order valence-electron chi connectivity index (χ0n) is 14.9. The molecule has 2 aromatic carbocycles. The molecule has 2 aromatic rings. The highest BCUT2D eigenvalue weighted by atomic mass is 32.2. The monoisotopic (exact) mass is 356 g/mol. The quantitative estimate of drug-likeness (QED) is 0.817. The van der Waals surface area contributed by atoms with Gasteiger partial charge in [-0.1, -0.05) is 50.2 Å². The summed E-state index contributed by atoms with van der Waals surface area (Å²) in [6, 6.07) is 16.4. The van der Waals surface area contributed by atoms with Crippen molar-refractivity contribution in [2.75, 3.05) is 0 Å². The van der Waals surface area contributed by atoms with E-state index >= 15 is 0 Å². The molecule has 0 bridgehead atoms. The predicted octanol–water partition coefficient (Wildman–Crippen LogP) is 3.94. The van der Waals surface area contributed by atoms with Gasteiger partial charge in [0.15, 0.2) is 0 Å². The van der Waals surface area contributed by atoms with Gasteiger partial charge in [0.05, 0.1) is 17.4 Å². The third kappa shape index (κ3) is 6.00. The van der Waals surface area contributed by atoms with E-state index in [2.05, 4.69) is 30.7 Å². The topological polar surface area (TPSA) is 70.0 Å². The molecule has 2 rings (SSSR count). The fourth-order valence-corrected chi connectivity index (χ4v) is 4.12. The van der Waals surface area contributed by atoms with Crippen molar-refractivity contribution in [3.05, 3.63) is 70.8 Å². The van der Waals surface area contributed by atoms with Crippen molar-refractivity contribution < 1.29 is 8.42 Å². The zero-order chi connectivity index (χ0) is 18.4. The molecule has 4 nitrogen and oxygen atoms in total. The molecule has 0 saturated carbocycles. The van der Waals surface area contributed by atoms with Gasteiger partial charge < -0.3 is 0 Å². The van der Waals surface area contributed by atoms with Crippen molar-refractivity contribution in [3.8, 4) is 6.07 Å². The SMILES string of the molecule is CC(C)Cc1ccc(C(C)NS(=O)(=O)Cc2cccc(C#N)c2)cc1. The smallest absolute Gasteiger partial charge is 0.212 e. The second kappa shape index (κ2) is 8.28. The zero-order valence-corrected chi connectivity index (χ0v) is 15.7. The maximum absolute atomic E-state index is 12.4. The first kappa shape index (κ1) is 19.2. The number of sulfonamides is 1. The minimum Gasteiger partial charge on any atom is -0.212 e. The minimum absolute atomic E-state index is 0.141. The van der Waals surface area contributed by atoms with E-state index in [4.69, 9.17) is 5.26 Å². The maximum Gasteiger partial charge on any atom is 0.216 e. The average molecular weight is 356 g/mol. The van der Waals surface area contributed by atoms with Gasteiger partial charge in [-0.25, -0.2) is 13.1 Å². The van der Waals surface area contributed by atoms with Gasteiger partial charge in [0.25, 0.3) is 0 Å². The Labute approximate surface area is 150 Å². The van der Waals surface area contributed by atoms with Crippen molar-refractivity contribution in [2.45, 2.75) is 39.0 Å². The van der Waals surface area contributed by atoms with E-state index in [1.807, 2.05) is 25.1 Å². The van der Waals surface area contributed by atoms with Crippen LogP contribution in [0, 0.1) is 17.2 Å². The molecule has 25 heavy (non-hydrogen) atoms. The lowest BCUT2D eigenvalue weighted by molar-refractivity contribution is 0.566.